The van der Waals surface area contributed by atoms with E-state index in [2.05, 4.69) is 42.2 Å². The van der Waals surface area contributed by atoms with Gasteiger partial charge in [-0.15, -0.1) is 0 Å². The molecule has 0 heterocycles. The van der Waals surface area contributed by atoms with Crippen LogP contribution in [0.4, 0.5) is 0 Å². The first-order chi connectivity index (χ1) is 10.3. The summed E-state index contributed by atoms with van der Waals surface area (Å²) < 4.78 is 5.42. The summed E-state index contributed by atoms with van der Waals surface area (Å²) in [5.41, 5.74) is 2.99. The fourth-order valence-corrected chi connectivity index (χ4v) is 4.98. The Hall–Kier alpha value is -0.670. The van der Waals surface area contributed by atoms with Crippen LogP contribution in [-0.4, -0.2) is 24.2 Å². The van der Waals surface area contributed by atoms with Gasteiger partial charge < -0.3 is 10.1 Å². The van der Waals surface area contributed by atoms with Gasteiger partial charge in [0.25, 0.3) is 0 Å². The smallest absolute Gasteiger partial charge is 0.119 e. The van der Waals surface area contributed by atoms with E-state index < -0.39 is 0 Å². The number of methoxy groups -OCH3 is 1. The van der Waals surface area contributed by atoms with Gasteiger partial charge in [0.15, 0.2) is 0 Å². The van der Waals surface area contributed by atoms with Crippen molar-refractivity contribution in [2.24, 2.45) is 0 Å². The Morgan fingerprint density at radius 3 is 3.00 bits per heavy atom. The predicted octanol–water partition coefficient (Wildman–Crippen LogP) is 4.34. The van der Waals surface area contributed by atoms with Crippen LogP contribution in [0.15, 0.2) is 18.2 Å². The highest BCUT2D eigenvalue weighted by Crippen LogP contribution is 2.36. The fourth-order valence-electron chi connectivity index (χ4n) is 3.84. The maximum Gasteiger partial charge on any atom is 0.119 e. The van der Waals surface area contributed by atoms with Crippen LogP contribution < -0.4 is 10.1 Å². The minimum atomic E-state index is 0.527. The van der Waals surface area contributed by atoms with Gasteiger partial charge in [0.05, 0.1) is 7.11 Å². The maximum atomic E-state index is 5.42. The fraction of sp³-hybridized carbons (Fsp3) is 0.667. The summed E-state index contributed by atoms with van der Waals surface area (Å²) in [6.45, 7) is 2.27. The number of benzene rings is 1. The van der Waals surface area contributed by atoms with E-state index in [4.69, 9.17) is 4.74 Å². The molecule has 2 aliphatic rings. The van der Waals surface area contributed by atoms with Crippen molar-refractivity contribution in [3.05, 3.63) is 29.3 Å². The van der Waals surface area contributed by atoms with Crippen molar-refractivity contribution < 1.29 is 4.74 Å². The van der Waals surface area contributed by atoms with Crippen LogP contribution >= 0.6 is 11.8 Å². The number of thioether (sulfide) groups is 1. The average Bonchev–Trinajstić information content (AvgIpc) is 2.95. The number of fused-ring (bicyclic) bond motifs is 1. The first-order valence-electron chi connectivity index (χ1n) is 8.34. The van der Waals surface area contributed by atoms with Crippen molar-refractivity contribution >= 4 is 11.8 Å². The minimum absolute atomic E-state index is 0.527. The van der Waals surface area contributed by atoms with Crippen LogP contribution in [0.3, 0.4) is 0 Å². The number of nitrogens with one attached hydrogen (secondary N) is 1. The molecule has 1 saturated carbocycles. The zero-order valence-corrected chi connectivity index (χ0v) is 14.0. The Morgan fingerprint density at radius 1 is 1.29 bits per heavy atom. The molecule has 3 unspecified atom stereocenters. The Balaban J connectivity index is 1.68. The second-order valence-corrected chi connectivity index (χ2v) is 7.84. The van der Waals surface area contributed by atoms with Crippen molar-refractivity contribution in [3.63, 3.8) is 0 Å². The number of ether oxygens (including phenoxy) is 1. The molecule has 0 bridgehead atoms. The Labute approximate surface area is 133 Å². The van der Waals surface area contributed by atoms with Crippen LogP contribution in [0, 0.1) is 0 Å². The topological polar surface area (TPSA) is 21.3 Å². The lowest BCUT2D eigenvalue weighted by atomic mass is 9.87. The van der Waals surface area contributed by atoms with E-state index in [-0.39, 0.29) is 0 Å². The molecule has 3 heteroatoms. The van der Waals surface area contributed by atoms with Gasteiger partial charge in [-0.2, -0.15) is 11.8 Å². The van der Waals surface area contributed by atoms with Gasteiger partial charge in [-0.3, -0.25) is 0 Å². The highest BCUT2D eigenvalue weighted by Gasteiger charge is 2.28. The summed E-state index contributed by atoms with van der Waals surface area (Å²) in [4.78, 5) is 0. The molecule has 0 saturated heterocycles. The first-order valence-corrected chi connectivity index (χ1v) is 9.39. The molecule has 0 radical (unpaired) electrons. The molecule has 3 rings (SSSR count). The van der Waals surface area contributed by atoms with Gasteiger partial charge in [-0.25, -0.2) is 0 Å². The van der Waals surface area contributed by atoms with Gasteiger partial charge in [0.2, 0.25) is 0 Å². The molecule has 0 spiro atoms. The quantitative estimate of drug-likeness (QED) is 0.874. The second-order valence-electron chi connectivity index (χ2n) is 6.26. The van der Waals surface area contributed by atoms with Crippen LogP contribution in [-0.2, 0) is 6.42 Å². The molecular weight excluding hydrogens is 278 g/mol. The molecule has 2 nitrogen and oxygen atoms in total. The van der Waals surface area contributed by atoms with Gasteiger partial charge in [-0.1, -0.05) is 13.0 Å². The molecule has 2 aliphatic carbocycles. The molecule has 21 heavy (non-hydrogen) atoms. The van der Waals surface area contributed by atoms with Crippen LogP contribution in [0.2, 0.25) is 0 Å². The third-order valence-electron chi connectivity index (χ3n) is 4.89. The molecule has 116 valence electrons. The summed E-state index contributed by atoms with van der Waals surface area (Å²) in [5.74, 6) is 2.24. The lowest BCUT2D eigenvalue weighted by Gasteiger charge is -2.29. The SMILES string of the molecule is CCSC1CCC(NC2CCCc3ccc(OC)cc32)C1. The van der Waals surface area contributed by atoms with E-state index in [1.54, 1.807) is 7.11 Å². The number of rotatable bonds is 5. The predicted molar refractivity (Wildman–Crippen MR) is 91.4 cm³/mol. The minimum Gasteiger partial charge on any atom is -0.497 e. The molecule has 0 amide bonds. The third-order valence-corrected chi connectivity index (χ3v) is 6.12. The zero-order valence-electron chi connectivity index (χ0n) is 13.2. The largest absolute Gasteiger partial charge is 0.497 e. The van der Waals surface area contributed by atoms with Crippen LogP contribution in [0.5, 0.6) is 5.75 Å². The van der Waals surface area contributed by atoms with Crippen LogP contribution in [0.1, 0.15) is 56.2 Å². The highest BCUT2D eigenvalue weighted by molar-refractivity contribution is 7.99. The van der Waals surface area contributed by atoms with Crippen molar-refractivity contribution in [2.45, 2.75) is 62.8 Å². The van der Waals surface area contributed by atoms with Crippen molar-refractivity contribution in [2.75, 3.05) is 12.9 Å². The van der Waals surface area contributed by atoms with Crippen molar-refractivity contribution in [1.29, 1.82) is 0 Å². The van der Waals surface area contributed by atoms with E-state index >= 15 is 0 Å². The second kappa shape index (κ2) is 7.06. The average molecular weight is 305 g/mol. The first kappa shape index (κ1) is 15.2. The van der Waals surface area contributed by atoms with E-state index in [1.165, 1.54) is 55.4 Å². The molecule has 3 atom stereocenters. The summed E-state index contributed by atoms with van der Waals surface area (Å²) in [6.07, 6.45) is 7.85. The van der Waals surface area contributed by atoms with Crippen molar-refractivity contribution in [3.8, 4) is 5.75 Å². The lowest BCUT2D eigenvalue weighted by Crippen LogP contribution is -2.33. The number of hydrogen-bond acceptors (Lipinski definition) is 3. The molecule has 1 aromatic rings. The zero-order chi connectivity index (χ0) is 14.7. The van der Waals surface area contributed by atoms with Gasteiger partial charge in [0, 0.05) is 17.3 Å². The Bertz CT molecular complexity index is 476. The summed E-state index contributed by atoms with van der Waals surface area (Å²) in [5, 5.41) is 4.82. The monoisotopic (exact) mass is 305 g/mol. The van der Waals surface area contributed by atoms with E-state index in [1.807, 2.05) is 0 Å². The highest BCUT2D eigenvalue weighted by atomic mass is 32.2. The van der Waals surface area contributed by atoms with E-state index in [0.717, 1.165) is 11.0 Å². The van der Waals surface area contributed by atoms with E-state index in [9.17, 15) is 0 Å². The summed E-state index contributed by atoms with van der Waals surface area (Å²) in [6, 6.07) is 7.84. The van der Waals surface area contributed by atoms with Gasteiger partial charge in [-0.05, 0) is 67.5 Å². The van der Waals surface area contributed by atoms with Gasteiger partial charge in [0.1, 0.15) is 5.75 Å². The molecular formula is C18H27NOS. The Morgan fingerprint density at radius 2 is 2.19 bits per heavy atom. The van der Waals surface area contributed by atoms with Crippen LogP contribution in [0.25, 0.3) is 0 Å². The standard InChI is InChI=1S/C18H27NOS/c1-3-21-16-10-8-14(11-16)19-18-6-4-5-13-7-9-15(20-2)12-17(13)18/h7,9,12,14,16,18-19H,3-6,8,10-11H2,1-2H3. The normalized spacial score (nSPS) is 28.4. The molecule has 1 N–H and O–H groups in total. The molecule has 0 aromatic heterocycles. The third kappa shape index (κ3) is 3.57. The summed E-state index contributed by atoms with van der Waals surface area (Å²) >= 11 is 2.14. The van der Waals surface area contributed by atoms with E-state index in [0.29, 0.717) is 12.1 Å². The molecule has 1 fully saturated rings. The maximum absolute atomic E-state index is 5.42. The number of hydrogen-bond donors (Lipinski definition) is 1. The number of aryl methyl sites for hydroxylation is 1. The van der Waals surface area contributed by atoms with Crippen molar-refractivity contribution in [1.82, 2.24) is 5.32 Å². The lowest BCUT2D eigenvalue weighted by molar-refractivity contribution is 0.389. The summed E-state index contributed by atoms with van der Waals surface area (Å²) in [7, 11) is 1.76. The molecule has 0 aliphatic heterocycles. The Kier molecular flexibility index (Phi) is 5.12. The van der Waals surface area contributed by atoms with Gasteiger partial charge >= 0.3 is 0 Å². The molecule has 1 aromatic carbocycles.